The van der Waals surface area contributed by atoms with Gasteiger partial charge in [-0.25, -0.2) is 0 Å². The van der Waals surface area contributed by atoms with Crippen LogP contribution in [-0.4, -0.2) is 4.92 Å². The second kappa shape index (κ2) is 4.25. The summed E-state index contributed by atoms with van der Waals surface area (Å²) in [7, 11) is 0. The van der Waals surface area contributed by atoms with E-state index in [1.807, 2.05) is 6.92 Å². The van der Waals surface area contributed by atoms with Crippen LogP contribution >= 0.6 is 15.9 Å². The van der Waals surface area contributed by atoms with Gasteiger partial charge in [-0.05, 0) is 34.5 Å². The quantitative estimate of drug-likeness (QED) is 0.462. The number of rotatable bonds is 2. The van der Waals surface area contributed by atoms with Crippen LogP contribution < -0.4 is 0 Å². The van der Waals surface area contributed by atoms with Crippen molar-refractivity contribution in [2.24, 2.45) is 0 Å². The number of halogens is 1. The molecule has 0 radical (unpaired) electrons. The maximum absolute atomic E-state index is 10.6. The molecule has 3 nitrogen and oxygen atoms in total. The van der Waals surface area contributed by atoms with Gasteiger partial charge in [0.15, 0.2) is 0 Å². The Morgan fingerprint density at radius 2 is 2.29 bits per heavy atom. The third-order valence-electron chi connectivity index (χ3n) is 1.92. The number of terminal acetylenes is 1. The first-order valence-corrected chi connectivity index (χ1v) is 4.75. The maximum Gasteiger partial charge on any atom is 0.283 e. The molecule has 0 saturated heterocycles. The molecular weight excluding hydrogens is 246 g/mol. The monoisotopic (exact) mass is 253 g/mol. The number of nitro groups is 1. The molecule has 1 aromatic rings. The first kappa shape index (κ1) is 10.7. The largest absolute Gasteiger partial charge is 0.283 e. The molecule has 0 aliphatic carbocycles. The molecule has 0 saturated carbocycles. The Bertz CT molecular complexity index is 409. The average molecular weight is 254 g/mol. The minimum absolute atomic E-state index is 0.0459. The topological polar surface area (TPSA) is 43.1 Å². The Kier molecular flexibility index (Phi) is 3.26. The van der Waals surface area contributed by atoms with E-state index in [0.29, 0.717) is 4.47 Å². The first-order valence-electron chi connectivity index (χ1n) is 3.96. The van der Waals surface area contributed by atoms with Gasteiger partial charge in [-0.2, -0.15) is 0 Å². The molecule has 0 heterocycles. The second-order valence-electron chi connectivity index (χ2n) is 2.86. The summed E-state index contributed by atoms with van der Waals surface area (Å²) in [5.41, 5.74) is 0.826. The Hall–Kier alpha value is -1.34. The summed E-state index contributed by atoms with van der Waals surface area (Å²) in [6.45, 7) is 1.83. The highest BCUT2D eigenvalue weighted by Crippen LogP contribution is 2.28. The van der Waals surface area contributed by atoms with Crippen molar-refractivity contribution in [1.29, 1.82) is 0 Å². The minimum atomic E-state index is -0.434. The summed E-state index contributed by atoms with van der Waals surface area (Å²) < 4.78 is 0.468. The van der Waals surface area contributed by atoms with Crippen LogP contribution in [0, 0.1) is 22.5 Å². The summed E-state index contributed by atoms with van der Waals surface area (Å²) in [5.74, 6) is 2.42. The van der Waals surface area contributed by atoms with Gasteiger partial charge in [0.25, 0.3) is 5.69 Å². The Morgan fingerprint density at radius 1 is 1.64 bits per heavy atom. The van der Waals surface area contributed by atoms with E-state index in [-0.39, 0.29) is 11.6 Å². The molecule has 0 bridgehead atoms. The number of nitrogens with zero attached hydrogens (tertiary/aromatic N) is 1. The minimum Gasteiger partial charge on any atom is -0.258 e. The fraction of sp³-hybridized carbons (Fsp3) is 0.200. The molecule has 0 aliphatic rings. The van der Waals surface area contributed by atoms with E-state index in [0.717, 1.165) is 5.56 Å². The maximum atomic E-state index is 10.6. The Labute approximate surface area is 90.4 Å². The SMILES string of the molecule is C#CC(C)c1ccc(Br)c([N+](=O)[O-])c1. The highest BCUT2D eigenvalue weighted by atomic mass is 79.9. The summed E-state index contributed by atoms with van der Waals surface area (Å²) in [6.07, 6.45) is 5.24. The van der Waals surface area contributed by atoms with Gasteiger partial charge in [-0.1, -0.05) is 12.0 Å². The van der Waals surface area contributed by atoms with Crippen LogP contribution in [0.1, 0.15) is 18.4 Å². The van der Waals surface area contributed by atoms with Crippen molar-refractivity contribution in [3.8, 4) is 12.3 Å². The van der Waals surface area contributed by atoms with Crippen molar-refractivity contribution in [3.63, 3.8) is 0 Å². The van der Waals surface area contributed by atoms with E-state index in [9.17, 15) is 10.1 Å². The van der Waals surface area contributed by atoms with E-state index >= 15 is 0 Å². The molecular formula is C10H8BrNO2. The lowest BCUT2D eigenvalue weighted by Crippen LogP contribution is -1.94. The summed E-state index contributed by atoms with van der Waals surface area (Å²) >= 11 is 3.11. The zero-order valence-corrected chi connectivity index (χ0v) is 9.11. The highest BCUT2D eigenvalue weighted by Gasteiger charge is 2.13. The highest BCUT2D eigenvalue weighted by molar-refractivity contribution is 9.10. The molecule has 0 amide bonds. The van der Waals surface area contributed by atoms with Crippen LogP contribution in [0.2, 0.25) is 0 Å². The van der Waals surface area contributed by atoms with E-state index < -0.39 is 4.92 Å². The van der Waals surface area contributed by atoms with E-state index in [4.69, 9.17) is 6.42 Å². The standard InChI is InChI=1S/C10H8BrNO2/c1-3-7(2)8-4-5-9(11)10(6-8)12(13)14/h1,4-7H,2H3. The first-order chi connectivity index (χ1) is 6.56. The average Bonchev–Trinajstić information content (AvgIpc) is 2.17. The van der Waals surface area contributed by atoms with Crippen LogP contribution in [0.15, 0.2) is 22.7 Å². The predicted molar refractivity (Wildman–Crippen MR) is 58.0 cm³/mol. The van der Waals surface area contributed by atoms with Gasteiger partial charge in [0.05, 0.1) is 9.40 Å². The molecule has 1 aromatic carbocycles. The lowest BCUT2D eigenvalue weighted by Gasteiger charge is -2.04. The number of hydrogen-bond acceptors (Lipinski definition) is 2. The molecule has 0 spiro atoms. The van der Waals surface area contributed by atoms with Crippen LogP contribution in [0.25, 0.3) is 0 Å². The molecule has 4 heteroatoms. The third kappa shape index (κ3) is 2.12. The Balaban J connectivity index is 3.21. The van der Waals surface area contributed by atoms with E-state index in [2.05, 4.69) is 21.9 Å². The van der Waals surface area contributed by atoms with Gasteiger partial charge in [0, 0.05) is 12.0 Å². The van der Waals surface area contributed by atoms with Crippen molar-refractivity contribution in [2.45, 2.75) is 12.8 Å². The zero-order chi connectivity index (χ0) is 10.7. The van der Waals surface area contributed by atoms with Crippen molar-refractivity contribution < 1.29 is 4.92 Å². The van der Waals surface area contributed by atoms with Crippen LogP contribution in [0.5, 0.6) is 0 Å². The number of benzene rings is 1. The fourth-order valence-electron chi connectivity index (χ4n) is 1.04. The number of hydrogen-bond donors (Lipinski definition) is 0. The number of nitro benzene ring substituents is 1. The van der Waals surface area contributed by atoms with E-state index in [1.165, 1.54) is 6.07 Å². The Morgan fingerprint density at radius 3 is 2.79 bits per heavy atom. The molecule has 0 aliphatic heterocycles. The predicted octanol–water partition coefficient (Wildman–Crippen LogP) is 3.09. The molecule has 14 heavy (non-hydrogen) atoms. The molecule has 1 unspecified atom stereocenters. The van der Waals surface area contributed by atoms with Crippen LogP contribution in [0.3, 0.4) is 0 Å². The normalized spacial score (nSPS) is 11.8. The van der Waals surface area contributed by atoms with Crippen molar-refractivity contribution >= 4 is 21.6 Å². The van der Waals surface area contributed by atoms with Gasteiger partial charge in [0.2, 0.25) is 0 Å². The smallest absolute Gasteiger partial charge is 0.258 e. The molecule has 1 rings (SSSR count). The second-order valence-corrected chi connectivity index (χ2v) is 3.71. The van der Waals surface area contributed by atoms with Gasteiger partial charge < -0.3 is 0 Å². The molecule has 0 N–H and O–H groups in total. The third-order valence-corrected chi connectivity index (χ3v) is 2.59. The zero-order valence-electron chi connectivity index (χ0n) is 7.53. The molecule has 1 atom stereocenters. The van der Waals surface area contributed by atoms with Gasteiger partial charge in [-0.15, -0.1) is 6.42 Å². The van der Waals surface area contributed by atoms with Crippen molar-refractivity contribution in [2.75, 3.05) is 0 Å². The molecule has 72 valence electrons. The van der Waals surface area contributed by atoms with Gasteiger partial charge in [0.1, 0.15) is 0 Å². The molecule has 0 aromatic heterocycles. The fourth-order valence-corrected chi connectivity index (χ4v) is 1.43. The summed E-state index contributed by atoms with van der Waals surface area (Å²) in [4.78, 5) is 10.2. The van der Waals surface area contributed by atoms with Gasteiger partial charge >= 0.3 is 0 Å². The lowest BCUT2D eigenvalue weighted by atomic mass is 10.0. The van der Waals surface area contributed by atoms with Crippen LogP contribution in [-0.2, 0) is 0 Å². The molecule has 0 fully saturated rings. The van der Waals surface area contributed by atoms with Crippen LogP contribution in [0.4, 0.5) is 5.69 Å². The summed E-state index contributed by atoms with van der Waals surface area (Å²) in [6, 6.07) is 4.91. The van der Waals surface area contributed by atoms with Crippen molar-refractivity contribution in [3.05, 3.63) is 38.3 Å². The van der Waals surface area contributed by atoms with E-state index in [1.54, 1.807) is 12.1 Å². The summed E-state index contributed by atoms with van der Waals surface area (Å²) in [5, 5.41) is 10.6. The lowest BCUT2D eigenvalue weighted by molar-refractivity contribution is -0.385. The van der Waals surface area contributed by atoms with Crippen molar-refractivity contribution in [1.82, 2.24) is 0 Å². The van der Waals surface area contributed by atoms with Gasteiger partial charge in [-0.3, -0.25) is 10.1 Å².